The van der Waals surface area contributed by atoms with E-state index in [1.807, 2.05) is 25.1 Å². The highest BCUT2D eigenvalue weighted by molar-refractivity contribution is 5.70. The van der Waals surface area contributed by atoms with E-state index in [0.29, 0.717) is 18.2 Å². The predicted molar refractivity (Wildman–Crippen MR) is 80.3 cm³/mol. The lowest BCUT2D eigenvalue weighted by Crippen LogP contribution is -1.97. The van der Waals surface area contributed by atoms with Crippen molar-refractivity contribution in [3.05, 3.63) is 53.1 Å². The van der Waals surface area contributed by atoms with Crippen molar-refractivity contribution in [2.45, 2.75) is 33.2 Å². The lowest BCUT2D eigenvalue weighted by molar-refractivity contribution is 0.464. The van der Waals surface area contributed by atoms with Crippen molar-refractivity contribution < 1.29 is 5.11 Å². The van der Waals surface area contributed by atoms with Gasteiger partial charge in [0.15, 0.2) is 0 Å². The normalized spacial score (nSPS) is 11.0. The number of aryl methyl sites for hydroxylation is 1. The van der Waals surface area contributed by atoms with Crippen molar-refractivity contribution in [2.24, 2.45) is 5.73 Å². The van der Waals surface area contributed by atoms with Gasteiger partial charge in [-0.25, -0.2) is 0 Å². The van der Waals surface area contributed by atoms with Crippen molar-refractivity contribution in [3.8, 4) is 16.9 Å². The first-order valence-corrected chi connectivity index (χ1v) is 6.65. The number of phenols is 1. The molecule has 0 aliphatic rings. The number of rotatable bonds is 3. The van der Waals surface area contributed by atoms with Gasteiger partial charge in [0, 0.05) is 6.54 Å². The minimum absolute atomic E-state index is 0.303. The van der Waals surface area contributed by atoms with Crippen LogP contribution in [0.1, 0.15) is 36.5 Å². The summed E-state index contributed by atoms with van der Waals surface area (Å²) in [6.07, 6.45) is 0. The molecule has 0 atom stereocenters. The molecular formula is C17H21NO. The first-order chi connectivity index (χ1) is 9.02. The molecule has 2 nitrogen and oxygen atoms in total. The Balaban J connectivity index is 2.57. The van der Waals surface area contributed by atoms with Crippen molar-refractivity contribution in [1.82, 2.24) is 0 Å². The van der Waals surface area contributed by atoms with Gasteiger partial charge >= 0.3 is 0 Å². The van der Waals surface area contributed by atoms with Crippen LogP contribution in [0.4, 0.5) is 0 Å². The Bertz CT molecular complexity index is 588. The van der Waals surface area contributed by atoms with Crippen LogP contribution in [-0.2, 0) is 6.54 Å². The van der Waals surface area contributed by atoms with E-state index in [1.54, 1.807) is 0 Å². The molecule has 2 rings (SSSR count). The molecule has 0 bridgehead atoms. The van der Waals surface area contributed by atoms with Crippen LogP contribution < -0.4 is 5.73 Å². The molecule has 0 spiro atoms. The fourth-order valence-electron chi connectivity index (χ4n) is 2.35. The van der Waals surface area contributed by atoms with E-state index >= 15 is 0 Å². The SMILES string of the molecule is Cc1cc(O)c(C(C)C)cc1-c1cccc(CN)c1. The fraction of sp³-hybridized carbons (Fsp3) is 0.294. The number of aromatic hydroxyl groups is 1. The second-order valence-corrected chi connectivity index (χ2v) is 5.29. The van der Waals surface area contributed by atoms with Crippen molar-refractivity contribution in [2.75, 3.05) is 0 Å². The third kappa shape index (κ3) is 2.79. The summed E-state index contributed by atoms with van der Waals surface area (Å²) in [5, 5.41) is 10.0. The molecule has 0 saturated heterocycles. The van der Waals surface area contributed by atoms with Crippen LogP contribution in [0.15, 0.2) is 36.4 Å². The lowest BCUT2D eigenvalue weighted by atomic mass is 9.92. The molecule has 0 aliphatic heterocycles. The van der Waals surface area contributed by atoms with Crippen molar-refractivity contribution >= 4 is 0 Å². The van der Waals surface area contributed by atoms with Gasteiger partial charge in [-0.2, -0.15) is 0 Å². The minimum atomic E-state index is 0.303. The molecule has 3 N–H and O–H groups in total. The Morgan fingerprint density at radius 1 is 1.16 bits per heavy atom. The lowest BCUT2D eigenvalue weighted by Gasteiger charge is -2.14. The van der Waals surface area contributed by atoms with E-state index < -0.39 is 0 Å². The first-order valence-electron chi connectivity index (χ1n) is 6.65. The summed E-state index contributed by atoms with van der Waals surface area (Å²) in [5.74, 6) is 0.684. The first kappa shape index (κ1) is 13.6. The van der Waals surface area contributed by atoms with E-state index in [1.165, 1.54) is 0 Å². The summed E-state index contributed by atoms with van der Waals surface area (Å²) < 4.78 is 0. The summed E-state index contributed by atoms with van der Waals surface area (Å²) >= 11 is 0. The zero-order valence-corrected chi connectivity index (χ0v) is 11.8. The second-order valence-electron chi connectivity index (χ2n) is 5.29. The maximum Gasteiger partial charge on any atom is 0.119 e. The average Bonchev–Trinajstić information content (AvgIpc) is 2.38. The van der Waals surface area contributed by atoms with Crippen LogP contribution in [0, 0.1) is 6.92 Å². The van der Waals surface area contributed by atoms with Crippen LogP contribution in [0.25, 0.3) is 11.1 Å². The monoisotopic (exact) mass is 255 g/mol. The molecular weight excluding hydrogens is 234 g/mol. The molecule has 2 heteroatoms. The van der Waals surface area contributed by atoms with Crippen LogP contribution in [0.3, 0.4) is 0 Å². The standard InChI is InChI=1S/C17H21NO/c1-11(2)15-9-16(12(3)7-17(15)19)14-6-4-5-13(8-14)10-18/h4-9,11,19H,10,18H2,1-3H3. The number of phenolic OH excluding ortho intramolecular Hbond substituents is 1. The van der Waals surface area contributed by atoms with Gasteiger partial charge in [-0.3, -0.25) is 0 Å². The molecule has 0 unspecified atom stereocenters. The zero-order valence-electron chi connectivity index (χ0n) is 11.8. The second kappa shape index (κ2) is 5.45. The summed E-state index contributed by atoms with van der Waals surface area (Å²) in [6, 6.07) is 12.2. The molecule has 0 heterocycles. The van der Waals surface area contributed by atoms with Gasteiger partial charge < -0.3 is 10.8 Å². The van der Waals surface area contributed by atoms with E-state index in [-0.39, 0.29) is 0 Å². The molecule has 100 valence electrons. The highest BCUT2D eigenvalue weighted by Crippen LogP contribution is 2.33. The van der Waals surface area contributed by atoms with E-state index in [9.17, 15) is 5.11 Å². The molecule has 2 aromatic carbocycles. The predicted octanol–water partition coefficient (Wildman–Crippen LogP) is 3.95. The molecule has 2 aromatic rings. The maximum absolute atomic E-state index is 10.0. The van der Waals surface area contributed by atoms with Gasteiger partial charge in [0.1, 0.15) is 5.75 Å². The summed E-state index contributed by atoms with van der Waals surface area (Å²) in [5.41, 5.74) is 11.2. The number of benzene rings is 2. The Kier molecular flexibility index (Phi) is 3.91. The fourth-order valence-corrected chi connectivity index (χ4v) is 2.35. The van der Waals surface area contributed by atoms with Crippen molar-refractivity contribution in [3.63, 3.8) is 0 Å². The highest BCUT2D eigenvalue weighted by atomic mass is 16.3. The van der Waals surface area contributed by atoms with Gasteiger partial charge in [0.25, 0.3) is 0 Å². The number of hydrogen-bond acceptors (Lipinski definition) is 2. The molecule has 0 saturated carbocycles. The Labute approximate surface area is 114 Å². The number of nitrogens with two attached hydrogens (primary N) is 1. The third-order valence-corrected chi connectivity index (χ3v) is 3.47. The van der Waals surface area contributed by atoms with Crippen LogP contribution in [0.2, 0.25) is 0 Å². The quantitative estimate of drug-likeness (QED) is 0.872. The van der Waals surface area contributed by atoms with Gasteiger partial charge in [0.05, 0.1) is 0 Å². The van der Waals surface area contributed by atoms with Crippen molar-refractivity contribution in [1.29, 1.82) is 0 Å². The average molecular weight is 255 g/mol. The maximum atomic E-state index is 10.0. The molecule has 0 aliphatic carbocycles. The third-order valence-electron chi connectivity index (χ3n) is 3.47. The topological polar surface area (TPSA) is 46.2 Å². The Morgan fingerprint density at radius 2 is 1.89 bits per heavy atom. The van der Waals surface area contributed by atoms with E-state index in [0.717, 1.165) is 27.8 Å². The molecule has 0 radical (unpaired) electrons. The van der Waals surface area contributed by atoms with Gasteiger partial charge in [-0.05, 0) is 58.9 Å². The van der Waals surface area contributed by atoms with Crippen LogP contribution in [-0.4, -0.2) is 5.11 Å². The molecule has 19 heavy (non-hydrogen) atoms. The minimum Gasteiger partial charge on any atom is -0.508 e. The molecule has 0 aromatic heterocycles. The van der Waals surface area contributed by atoms with Gasteiger partial charge in [0.2, 0.25) is 0 Å². The van der Waals surface area contributed by atoms with Gasteiger partial charge in [-0.1, -0.05) is 32.0 Å². The Hall–Kier alpha value is -1.80. The number of hydrogen-bond donors (Lipinski definition) is 2. The molecule has 0 fully saturated rings. The molecule has 0 amide bonds. The van der Waals surface area contributed by atoms with Gasteiger partial charge in [-0.15, -0.1) is 0 Å². The van der Waals surface area contributed by atoms with E-state index in [4.69, 9.17) is 5.73 Å². The Morgan fingerprint density at radius 3 is 2.53 bits per heavy atom. The smallest absolute Gasteiger partial charge is 0.119 e. The highest BCUT2D eigenvalue weighted by Gasteiger charge is 2.11. The van der Waals surface area contributed by atoms with Crippen LogP contribution >= 0.6 is 0 Å². The summed E-state index contributed by atoms with van der Waals surface area (Å²) in [4.78, 5) is 0. The zero-order chi connectivity index (χ0) is 14.0. The summed E-state index contributed by atoms with van der Waals surface area (Å²) in [7, 11) is 0. The van der Waals surface area contributed by atoms with E-state index in [2.05, 4.69) is 32.0 Å². The summed E-state index contributed by atoms with van der Waals surface area (Å²) in [6.45, 7) is 6.74. The van der Waals surface area contributed by atoms with Crippen LogP contribution in [0.5, 0.6) is 5.75 Å². The largest absolute Gasteiger partial charge is 0.508 e.